The number of rotatable bonds is 3. The molecule has 2 nitrogen and oxygen atoms in total. The van der Waals surface area contributed by atoms with E-state index in [0.29, 0.717) is 6.61 Å². The minimum absolute atomic E-state index is 0.126. The molecule has 0 amide bonds. The zero-order chi connectivity index (χ0) is 14.9. The summed E-state index contributed by atoms with van der Waals surface area (Å²) in [5.41, 5.74) is 0.993. The molecule has 0 unspecified atom stereocenters. The Hall–Kier alpha value is -1.09. The van der Waals surface area contributed by atoms with Crippen LogP contribution in [0.2, 0.25) is 0 Å². The van der Waals surface area contributed by atoms with E-state index in [9.17, 15) is 0 Å². The topological polar surface area (TPSA) is 21.6 Å². The standard InChI is InChI=1S/C17H16BrNOSe/c1-17(2)11-20-16(19-17)14-9-8-12(18)10-15(14)21-13-6-4-3-5-7-13/h3-10H,11H2,1-2H3. The van der Waals surface area contributed by atoms with Crippen molar-refractivity contribution in [1.29, 1.82) is 0 Å². The van der Waals surface area contributed by atoms with Gasteiger partial charge in [0.2, 0.25) is 0 Å². The molecule has 1 aliphatic heterocycles. The van der Waals surface area contributed by atoms with Gasteiger partial charge in [-0.1, -0.05) is 0 Å². The molecule has 1 aliphatic rings. The van der Waals surface area contributed by atoms with Crippen molar-refractivity contribution in [2.24, 2.45) is 4.99 Å². The van der Waals surface area contributed by atoms with Crippen LogP contribution in [-0.4, -0.2) is 33.0 Å². The van der Waals surface area contributed by atoms with E-state index in [-0.39, 0.29) is 20.5 Å². The van der Waals surface area contributed by atoms with Crippen molar-refractivity contribution in [3.63, 3.8) is 0 Å². The molecule has 2 aromatic rings. The summed E-state index contributed by atoms with van der Waals surface area (Å²) in [6, 6.07) is 16.9. The summed E-state index contributed by atoms with van der Waals surface area (Å²) in [5, 5.41) is 0. The molecule has 2 aromatic carbocycles. The molecule has 0 radical (unpaired) electrons. The minimum atomic E-state index is -0.126. The van der Waals surface area contributed by atoms with Crippen LogP contribution in [0.25, 0.3) is 0 Å². The fourth-order valence-corrected chi connectivity index (χ4v) is 4.89. The van der Waals surface area contributed by atoms with Gasteiger partial charge in [-0.25, -0.2) is 0 Å². The molecule has 108 valence electrons. The predicted octanol–water partition coefficient (Wildman–Crippen LogP) is 2.66. The van der Waals surface area contributed by atoms with Crippen LogP contribution in [0, 0.1) is 0 Å². The average molecular weight is 409 g/mol. The van der Waals surface area contributed by atoms with Gasteiger partial charge in [-0.15, -0.1) is 0 Å². The fraction of sp³-hybridized carbons (Fsp3) is 0.235. The molecular formula is C17H16BrNOSe. The zero-order valence-electron chi connectivity index (χ0n) is 12.0. The second kappa shape index (κ2) is 5.96. The van der Waals surface area contributed by atoms with Crippen molar-refractivity contribution in [3.8, 4) is 0 Å². The van der Waals surface area contributed by atoms with E-state index in [1.54, 1.807) is 0 Å². The van der Waals surface area contributed by atoms with Gasteiger partial charge < -0.3 is 0 Å². The second-order valence-electron chi connectivity index (χ2n) is 5.57. The first-order valence-electron chi connectivity index (χ1n) is 6.79. The summed E-state index contributed by atoms with van der Waals surface area (Å²) in [5.74, 6) is 0.778. The molecule has 0 N–H and O–H groups in total. The van der Waals surface area contributed by atoms with E-state index in [0.717, 1.165) is 15.9 Å². The molecule has 0 fully saturated rings. The maximum atomic E-state index is 5.82. The van der Waals surface area contributed by atoms with Gasteiger partial charge >= 0.3 is 140 Å². The summed E-state index contributed by atoms with van der Waals surface area (Å²) < 4.78 is 9.55. The number of benzene rings is 2. The molecule has 0 saturated carbocycles. The molecular weight excluding hydrogens is 393 g/mol. The van der Waals surface area contributed by atoms with Crippen molar-refractivity contribution in [2.75, 3.05) is 6.61 Å². The van der Waals surface area contributed by atoms with E-state index in [1.165, 1.54) is 8.92 Å². The summed E-state index contributed by atoms with van der Waals surface area (Å²) in [4.78, 5) is 4.71. The van der Waals surface area contributed by atoms with Gasteiger partial charge in [0.1, 0.15) is 0 Å². The van der Waals surface area contributed by atoms with Crippen LogP contribution in [0.15, 0.2) is 58.0 Å². The normalized spacial score (nSPS) is 16.4. The quantitative estimate of drug-likeness (QED) is 0.715. The first kappa shape index (κ1) is 14.8. The van der Waals surface area contributed by atoms with Crippen LogP contribution >= 0.6 is 15.9 Å². The molecule has 21 heavy (non-hydrogen) atoms. The summed E-state index contributed by atoms with van der Waals surface area (Å²) in [6.45, 7) is 4.85. The van der Waals surface area contributed by atoms with Crippen molar-refractivity contribution in [1.82, 2.24) is 0 Å². The number of ether oxygens (including phenoxy) is 1. The molecule has 0 aromatic heterocycles. The van der Waals surface area contributed by atoms with Crippen molar-refractivity contribution < 1.29 is 4.74 Å². The Balaban J connectivity index is 1.98. The third kappa shape index (κ3) is 3.57. The Morgan fingerprint density at radius 3 is 2.57 bits per heavy atom. The molecule has 1 heterocycles. The summed E-state index contributed by atoms with van der Waals surface area (Å²) in [7, 11) is 0. The van der Waals surface area contributed by atoms with Crippen molar-refractivity contribution >= 4 is 45.7 Å². The van der Waals surface area contributed by atoms with Gasteiger partial charge in [-0.2, -0.15) is 0 Å². The zero-order valence-corrected chi connectivity index (χ0v) is 15.3. The Morgan fingerprint density at radius 1 is 1.14 bits per heavy atom. The number of hydrogen-bond acceptors (Lipinski definition) is 2. The first-order valence-corrected chi connectivity index (χ1v) is 9.30. The fourth-order valence-electron chi connectivity index (χ4n) is 2.10. The van der Waals surface area contributed by atoms with Crippen molar-refractivity contribution in [3.05, 3.63) is 58.6 Å². The van der Waals surface area contributed by atoms with Crippen LogP contribution in [-0.2, 0) is 4.74 Å². The number of halogens is 1. The summed E-state index contributed by atoms with van der Waals surface area (Å²) in [6.07, 6.45) is 0. The molecule has 0 atom stereocenters. The molecule has 0 spiro atoms. The van der Waals surface area contributed by atoms with Crippen LogP contribution in [0.3, 0.4) is 0 Å². The van der Waals surface area contributed by atoms with E-state index in [2.05, 4.69) is 72.2 Å². The number of nitrogens with zero attached hydrogens (tertiary/aromatic N) is 1. The van der Waals surface area contributed by atoms with E-state index >= 15 is 0 Å². The van der Waals surface area contributed by atoms with Gasteiger partial charge in [0, 0.05) is 0 Å². The number of aliphatic imine (C=N–C) groups is 1. The van der Waals surface area contributed by atoms with Gasteiger partial charge in [0.25, 0.3) is 0 Å². The second-order valence-corrected chi connectivity index (χ2v) is 8.83. The predicted molar refractivity (Wildman–Crippen MR) is 92.2 cm³/mol. The van der Waals surface area contributed by atoms with Gasteiger partial charge in [-0.3, -0.25) is 0 Å². The SMILES string of the molecule is CC1(C)COC(c2ccc(Br)cc2[Se]c2ccccc2)=N1. The first-order chi connectivity index (χ1) is 10.0. The van der Waals surface area contributed by atoms with E-state index < -0.39 is 0 Å². The molecule has 0 bridgehead atoms. The van der Waals surface area contributed by atoms with Gasteiger partial charge in [-0.05, 0) is 0 Å². The summed E-state index contributed by atoms with van der Waals surface area (Å²) >= 11 is 3.81. The van der Waals surface area contributed by atoms with Crippen LogP contribution in [0.4, 0.5) is 0 Å². The third-order valence-corrected chi connectivity index (χ3v) is 5.84. The third-order valence-electron chi connectivity index (χ3n) is 3.11. The molecule has 3 rings (SSSR count). The van der Waals surface area contributed by atoms with Crippen LogP contribution in [0.1, 0.15) is 19.4 Å². The van der Waals surface area contributed by atoms with Crippen LogP contribution in [0.5, 0.6) is 0 Å². The Kier molecular flexibility index (Phi) is 4.21. The average Bonchev–Trinajstić information content (AvgIpc) is 2.80. The Morgan fingerprint density at radius 2 is 1.90 bits per heavy atom. The molecule has 4 heteroatoms. The molecule has 0 saturated heterocycles. The monoisotopic (exact) mass is 409 g/mol. The van der Waals surface area contributed by atoms with Crippen LogP contribution < -0.4 is 8.92 Å². The van der Waals surface area contributed by atoms with E-state index in [4.69, 9.17) is 9.73 Å². The Labute approximate surface area is 139 Å². The van der Waals surface area contributed by atoms with Gasteiger partial charge in [0.05, 0.1) is 0 Å². The Bertz CT molecular complexity index is 682. The van der Waals surface area contributed by atoms with E-state index in [1.807, 2.05) is 6.07 Å². The van der Waals surface area contributed by atoms with Crippen molar-refractivity contribution in [2.45, 2.75) is 19.4 Å². The maximum absolute atomic E-state index is 5.82. The number of hydrogen-bond donors (Lipinski definition) is 0. The van der Waals surface area contributed by atoms with Gasteiger partial charge in [0.15, 0.2) is 0 Å². The molecule has 0 aliphatic carbocycles.